The Kier molecular flexibility index (Phi) is 4.87. The lowest BCUT2D eigenvalue weighted by Gasteiger charge is -2.26. The zero-order valence-electron chi connectivity index (χ0n) is 10.5. The number of anilines is 1. The highest BCUT2D eigenvalue weighted by Crippen LogP contribution is 2.17. The Labute approximate surface area is 112 Å². The molecule has 1 saturated heterocycles. The van der Waals surface area contributed by atoms with E-state index in [0.29, 0.717) is 11.6 Å². The van der Waals surface area contributed by atoms with Gasteiger partial charge in [0, 0.05) is 30.6 Å². The van der Waals surface area contributed by atoms with E-state index in [4.69, 9.17) is 5.73 Å². The molecule has 0 aliphatic carbocycles. The summed E-state index contributed by atoms with van der Waals surface area (Å²) in [5, 5.41) is 0. The number of nitrogens with two attached hydrogens (primary N) is 1. The Hall–Kier alpha value is -1.23. The lowest BCUT2D eigenvalue weighted by Crippen LogP contribution is -2.36. The highest BCUT2D eigenvalue weighted by Gasteiger charge is 2.16. The van der Waals surface area contributed by atoms with E-state index in [1.165, 1.54) is 6.42 Å². The van der Waals surface area contributed by atoms with E-state index < -0.39 is 0 Å². The van der Waals surface area contributed by atoms with Gasteiger partial charge in [0.15, 0.2) is 0 Å². The summed E-state index contributed by atoms with van der Waals surface area (Å²) in [4.78, 5) is 17.9. The highest BCUT2D eigenvalue weighted by atomic mass is 32.2. The summed E-state index contributed by atoms with van der Waals surface area (Å²) in [5.41, 5.74) is 6.77. The molecule has 1 aromatic heterocycles. The summed E-state index contributed by atoms with van der Waals surface area (Å²) in [6.07, 6.45) is 5.23. The van der Waals surface area contributed by atoms with Gasteiger partial charge >= 0.3 is 0 Å². The van der Waals surface area contributed by atoms with E-state index in [-0.39, 0.29) is 5.91 Å². The van der Waals surface area contributed by atoms with Crippen LogP contribution < -0.4 is 5.73 Å². The maximum absolute atomic E-state index is 11.9. The maximum atomic E-state index is 11.9. The number of thioether (sulfide) groups is 1. The first-order chi connectivity index (χ1) is 8.77. The third kappa shape index (κ3) is 3.63. The molecule has 0 spiro atoms. The molecule has 0 unspecified atom stereocenters. The Morgan fingerprint density at radius 3 is 2.89 bits per heavy atom. The van der Waals surface area contributed by atoms with E-state index in [2.05, 4.69) is 4.98 Å². The van der Waals surface area contributed by atoms with Crippen LogP contribution in [0.5, 0.6) is 0 Å². The van der Waals surface area contributed by atoms with E-state index in [0.717, 1.165) is 37.2 Å². The molecule has 0 saturated carbocycles. The van der Waals surface area contributed by atoms with Gasteiger partial charge in [-0.3, -0.25) is 4.79 Å². The van der Waals surface area contributed by atoms with Crippen LogP contribution in [-0.2, 0) is 10.5 Å². The molecular formula is C13H19N3OS. The van der Waals surface area contributed by atoms with Crippen molar-refractivity contribution >= 4 is 23.5 Å². The summed E-state index contributed by atoms with van der Waals surface area (Å²) < 4.78 is 0. The SMILES string of the molecule is Nc1ncccc1CSCC(=O)N1CCCCC1. The van der Waals surface area contributed by atoms with Gasteiger partial charge in [0.1, 0.15) is 5.82 Å². The number of carbonyl (C=O) groups is 1. The number of carbonyl (C=O) groups excluding carboxylic acids is 1. The third-order valence-electron chi connectivity index (χ3n) is 3.12. The predicted molar refractivity (Wildman–Crippen MR) is 75.2 cm³/mol. The molecule has 5 heteroatoms. The van der Waals surface area contributed by atoms with Crippen molar-refractivity contribution in [1.82, 2.24) is 9.88 Å². The summed E-state index contributed by atoms with van der Waals surface area (Å²) in [6, 6.07) is 3.83. The molecule has 1 aliphatic heterocycles. The number of likely N-dealkylation sites (tertiary alicyclic amines) is 1. The van der Waals surface area contributed by atoms with Crippen LogP contribution in [0.2, 0.25) is 0 Å². The summed E-state index contributed by atoms with van der Waals surface area (Å²) in [5.74, 6) is 2.10. The number of nitrogen functional groups attached to an aromatic ring is 1. The zero-order valence-corrected chi connectivity index (χ0v) is 11.3. The second kappa shape index (κ2) is 6.64. The smallest absolute Gasteiger partial charge is 0.232 e. The number of hydrogen-bond acceptors (Lipinski definition) is 4. The van der Waals surface area contributed by atoms with Crippen LogP contribution in [0.1, 0.15) is 24.8 Å². The van der Waals surface area contributed by atoms with Crippen molar-refractivity contribution in [2.45, 2.75) is 25.0 Å². The average Bonchev–Trinajstić information content (AvgIpc) is 2.42. The number of rotatable bonds is 4. The molecule has 0 radical (unpaired) electrons. The fourth-order valence-corrected chi connectivity index (χ4v) is 2.98. The fraction of sp³-hybridized carbons (Fsp3) is 0.538. The number of pyridine rings is 1. The quantitative estimate of drug-likeness (QED) is 0.903. The van der Waals surface area contributed by atoms with Crippen LogP contribution in [0.25, 0.3) is 0 Å². The molecule has 98 valence electrons. The molecule has 0 aromatic carbocycles. The van der Waals surface area contributed by atoms with Gasteiger partial charge in [-0.15, -0.1) is 11.8 Å². The van der Waals surface area contributed by atoms with Gasteiger partial charge in [-0.1, -0.05) is 6.07 Å². The summed E-state index contributed by atoms with van der Waals surface area (Å²) in [7, 11) is 0. The van der Waals surface area contributed by atoms with Gasteiger partial charge in [-0.25, -0.2) is 4.98 Å². The number of piperidine rings is 1. The monoisotopic (exact) mass is 265 g/mol. The molecule has 0 atom stereocenters. The third-order valence-corrected chi connectivity index (χ3v) is 4.08. The van der Waals surface area contributed by atoms with Gasteiger partial charge < -0.3 is 10.6 Å². The van der Waals surface area contributed by atoms with Crippen molar-refractivity contribution in [3.05, 3.63) is 23.9 Å². The number of aromatic nitrogens is 1. The van der Waals surface area contributed by atoms with Crippen LogP contribution in [0.4, 0.5) is 5.82 Å². The molecule has 2 heterocycles. The lowest BCUT2D eigenvalue weighted by molar-refractivity contribution is -0.129. The van der Waals surface area contributed by atoms with Gasteiger partial charge in [0.25, 0.3) is 0 Å². The minimum absolute atomic E-state index is 0.252. The van der Waals surface area contributed by atoms with Gasteiger partial charge in [0.2, 0.25) is 5.91 Å². The largest absolute Gasteiger partial charge is 0.383 e. The van der Waals surface area contributed by atoms with E-state index in [1.54, 1.807) is 18.0 Å². The molecule has 4 nitrogen and oxygen atoms in total. The zero-order chi connectivity index (χ0) is 12.8. The Morgan fingerprint density at radius 1 is 1.39 bits per heavy atom. The molecule has 2 N–H and O–H groups in total. The Morgan fingerprint density at radius 2 is 2.17 bits per heavy atom. The molecule has 1 amide bonds. The first-order valence-electron chi connectivity index (χ1n) is 6.32. The lowest BCUT2D eigenvalue weighted by atomic mass is 10.1. The minimum atomic E-state index is 0.252. The number of amides is 1. The first kappa shape index (κ1) is 13.2. The van der Waals surface area contributed by atoms with E-state index in [1.807, 2.05) is 17.0 Å². The van der Waals surface area contributed by atoms with Crippen molar-refractivity contribution in [2.24, 2.45) is 0 Å². The van der Waals surface area contributed by atoms with E-state index in [9.17, 15) is 4.79 Å². The van der Waals surface area contributed by atoms with Crippen LogP contribution in [-0.4, -0.2) is 34.6 Å². The average molecular weight is 265 g/mol. The molecular weight excluding hydrogens is 246 g/mol. The van der Waals surface area contributed by atoms with Crippen molar-refractivity contribution in [2.75, 3.05) is 24.6 Å². The highest BCUT2D eigenvalue weighted by molar-refractivity contribution is 7.99. The fourth-order valence-electron chi connectivity index (χ4n) is 2.06. The molecule has 18 heavy (non-hydrogen) atoms. The summed E-state index contributed by atoms with van der Waals surface area (Å²) in [6.45, 7) is 1.85. The maximum Gasteiger partial charge on any atom is 0.232 e. The van der Waals surface area contributed by atoms with Crippen LogP contribution in [0.3, 0.4) is 0 Å². The van der Waals surface area contributed by atoms with Gasteiger partial charge in [-0.2, -0.15) is 0 Å². The van der Waals surface area contributed by atoms with Crippen molar-refractivity contribution < 1.29 is 4.79 Å². The molecule has 1 aromatic rings. The van der Waals surface area contributed by atoms with Crippen LogP contribution >= 0.6 is 11.8 Å². The second-order valence-corrected chi connectivity index (χ2v) is 5.47. The van der Waals surface area contributed by atoms with E-state index >= 15 is 0 Å². The molecule has 1 aliphatic rings. The molecule has 1 fully saturated rings. The standard InChI is InChI=1S/C13H19N3OS/c14-13-11(5-4-6-15-13)9-18-10-12(17)16-7-2-1-3-8-16/h4-6H,1-3,7-10H2,(H2,14,15). The van der Waals surface area contributed by atoms with Crippen molar-refractivity contribution in [3.8, 4) is 0 Å². The second-order valence-electron chi connectivity index (χ2n) is 4.48. The Bertz CT molecular complexity index is 405. The van der Waals surface area contributed by atoms with Gasteiger partial charge in [-0.05, 0) is 25.3 Å². The van der Waals surface area contributed by atoms with Crippen molar-refractivity contribution in [3.63, 3.8) is 0 Å². The van der Waals surface area contributed by atoms with Crippen LogP contribution in [0.15, 0.2) is 18.3 Å². The number of nitrogens with zero attached hydrogens (tertiary/aromatic N) is 2. The Balaban J connectivity index is 1.75. The minimum Gasteiger partial charge on any atom is -0.383 e. The first-order valence-corrected chi connectivity index (χ1v) is 7.48. The van der Waals surface area contributed by atoms with Crippen molar-refractivity contribution in [1.29, 1.82) is 0 Å². The number of hydrogen-bond donors (Lipinski definition) is 1. The molecule has 0 bridgehead atoms. The molecule has 2 rings (SSSR count). The normalized spacial score (nSPS) is 15.7. The van der Waals surface area contributed by atoms with Crippen LogP contribution in [0, 0.1) is 0 Å². The summed E-state index contributed by atoms with van der Waals surface area (Å²) >= 11 is 1.61. The predicted octanol–water partition coefficient (Wildman–Crippen LogP) is 1.91. The topological polar surface area (TPSA) is 59.2 Å². The van der Waals surface area contributed by atoms with Gasteiger partial charge in [0.05, 0.1) is 5.75 Å².